The van der Waals surface area contributed by atoms with Crippen molar-refractivity contribution in [2.24, 2.45) is 4.99 Å². The van der Waals surface area contributed by atoms with E-state index in [9.17, 15) is 10.1 Å². The number of nitro groups is 1. The van der Waals surface area contributed by atoms with Crippen LogP contribution < -0.4 is 0 Å². The van der Waals surface area contributed by atoms with Crippen molar-refractivity contribution in [2.75, 3.05) is 13.1 Å². The molecular formula is C10H11N3O2. The summed E-state index contributed by atoms with van der Waals surface area (Å²) in [7, 11) is 0. The second-order valence-corrected chi connectivity index (χ2v) is 3.32. The van der Waals surface area contributed by atoms with Crippen molar-refractivity contribution in [1.82, 2.24) is 5.01 Å². The fraction of sp³-hybridized carbons (Fsp3) is 0.300. The standard InChI is InChI=1S/C10H11N3O2/c14-13(15)12-7-6-11-10(12)8-9-4-2-1-3-5-9/h1-5H,6-8H2. The van der Waals surface area contributed by atoms with E-state index in [1.54, 1.807) is 0 Å². The first-order chi connectivity index (χ1) is 7.27. The Morgan fingerprint density at radius 3 is 2.80 bits per heavy atom. The number of benzene rings is 1. The molecule has 15 heavy (non-hydrogen) atoms. The fourth-order valence-electron chi connectivity index (χ4n) is 1.59. The van der Waals surface area contributed by atoms with Crippen molar-refractivity contribution in [3.05, 3.63) is 46.0 Å². The van der Waals surface area contributed by atoms with Gasteiger partial charge < -0.3 is 0 Å². The second kappa shape index (κ2) is 4.08. The molecule has 5 heteroatoms. The summed E-state index contributed by atoms with van der Waals surface area (Å²) >= 11 is 0. The number of rotatable bonds is 3. The summed E-state index contributed by atoms with van der Waals surface area (Å²) in [6.45, 7) is 0.901. The quantitative estimate of drug-likeness (QED) is 0.549. The molecule has 5 nitrogen and oxygen atoms in total. The van der Waals surface area contributed by atoms with Crippen molar-refractivity contribution < 1.29 is 5.03 Å². The number of nitrogens with zero attached hydrogens (tertiary/aromatic N) is 3. The average molecular weight is 205 g/mol. The van der Waals surface area contributed by atoms with Gasteiger partial charge in [-0.15, -0.1) is 0 Å². The first kappa shape index (κ1) is 9.64. The summed E-state index contributed by atoms with van der Waals surface area (Å²) in [4.78, 5) is 14.8. The van der Waals surface area contributed by atoms with Gasteiger partial charge in [0.25, 0.3) is 0 Å². The summed E-state index contributed by atoms with van der Waals surface area (Å²) in [6.07, 6.45) is 0.530. The lowest BCUT2D eigenvalue weighted by molar-refractivity contribution is -0.627. The van der Waals surface area contributed by atoms with Gasteiger partial charge in [-0.05, 0) is 5.56 Å². The smallest absolute Gasteiger partial charge is 0.170 e. The SMILES string of the molecule is O=[N+]([O-])N1CCN=C1Cc1ccccc1. The molecule has 0 radical (unpaired) electrons. The molecule has 0 atom stereocenters. The average Bonchev–Trinajstić information content (AvgIpc) is 2.67. The molecule has 0 unspecified atom stereocenters. The molecule has 0 saturated heterocycles. The molecule has 1 heterocycles. The van der Waals surface area contributed by atoms with Gasteiger partial charge >= 0.3 is 0 Å². The zero-order valence-electron chi connectivity index (χ0n) is 8.17. The van der Waals surface area contributed by atoms with Gasteiger partial charge in [0.15, 0.2) is 10.9 Å². The normalized spacial score (nSPS) is 15.2. The van der Waals surface area contributed by atoms with Crippen molar-refractivity contribution in [3.8, 4) is 0 Å². The molecule has 0 bridgehead atoms. The lowest BCUT2D eigenvalue weighted by atomic mass is 10.1. The first-order valence-corrected chi connectivity index (χ1v) is 4.76. The number of hydrazine groups is 1. The highest BCUT2D eigenvalue weighted by atomic mass is 16.7. The Bertz CT molecular complexity index is 389. The number of amidine groups is 1. The van der Waals surface area contributed by atoms with E-state index in [1.165, 1.54) is 0 Å². The van der Waals surface area contributed by atoms with Gasteiger partial charge in [-0.3, -0.25) is 4.99 Å². The van der Waals surface area contributed by atoms with Gasteiger partial charge in [0.2, 0.25) is 0 Å². The van der Waals surface area contributed by atoms with Crippen LogP contribution in [0.5, 0.6) is 0 Å². The van der Waals surface area contributed by atoms with Crippen LogP contribution in [0.2, 0.25) is 0 Å². The van der Waals surface area contributed by atoms with E-state index < -0.39 is 5.03 Å². The lowest BCUT2D eigenvalue weighted by Gasteiger charge is -2.08. The highest BCUT2D eigenvalue weighted by Crippen LogP contribution is 2.08. The molecule has 1 aliphatic rings. The van der Waals surface area contributed by atoms with E-state index in [0.29, 0.717) is 25.3 Å². The highest BCUT2D eigenvalue weighted by molar-refractivity contribution is 5.84. The largest absolute Gasteiger partial charge is 0.265 e. The van der Waals surface area contributed by atoms with E-state index in [1.807, 2.05) is 30.3 Å². The molecule has 0 saturated carbocycles. The van der Waals surface area contributed by atoms with Crippen LogP contribution in [0, 0.1) is 10.1 Å². The molecule has 1 aliphatic heterocycles. The van der Waals surface area contributed by atoms with E-state index in [2.05, 4.69) is 4.99 Å². The van der Waals surface area contributed by atoms with Gasteiger partial charge in [0.1, 0.15) is 6.54 Å². The van der Waals surface area contributed by atoms with Crippen LogP contribution in [0.3, 0.4) is 0 Å². The summed E-state index contributed by atoms with van der Waals surface area (Å²) < 4.78 is 0. The summed E-state index contributed by atoms with van der Waals surface area (Å²) in [5.41, 5.74) is 1.05. The topological polar surface area (TPSA) is 58.7 Å². The van der Waals surface area contributed by atoms with E-state index in [4.69, 9.17) is 0 Å². The summed E-state index contributed by atoms with van der Waals surface area (Å²) in [5, 5.41) is 11.4. The molecule has 0 N–H and O–H groups in total. The zero-order valence-corrected chi connectivity index (χ0v) is 8.17. The van der Waals surface area contributed by atoms with Crippen LogP contribution in [0.1, 0.15) is 5.56 Å². The van der Waals surface area contributed by atoms with E-state index in [0.717, 1.165) is 10.6 Å². The predicted molar refractivity (Wildman–Crippen MR) is 56.1 cm³/mol. The van der Waals surface area contributed by atoms with Crippen LogP contribution in [-0.2, 0) is 6.42 Å². The van der Waals surface area contributed by atoms with Crippen molar-refractivity contribution in [3.63, 3.8) is 0 Å². The third-order valence-electron chi connectivity index (χ3n) is 2.31. The summed E-state index contributed by atoms with van der Waals surface area (Å²) in [5.74, 6) is 0.547. The van der Waals surface area contributed by atoms with Gasteiger partial charge in [-0.1, -0.05) is 35.3 Å². The second-order valence-electron chi connectivity index (χ2n) is 3.32. The van der Waals surface area contributed by atoms with Crippen LogP contribution in [0.4, 0.5) is 0 Å². The maximum absolute atomic E-state index is 10.7. The number of hydrogen-bond acceptors (Lipinski definition) is 3. The zero-order chi connectivity index (χ0) is 10.7. The Morgan fingerprint density at radius 2 is 2.13 bits per heavy atom. The molecular weight excluding hydrogens is 194 g/mol. The Kier molecular flexibility index (Phi) is 2.62. The third-order valence-corrected chi connectivity index (χ3v) is 2.31. The monoisotopic (exact) mass is 205 g/mol. The van der Waals surface area contributed by atoms with Gasteiger partial charge in [0.05, 0.1) is 6.54 Å². The fourth-order valence-corrected chi connectivity index (χ4v) is 1.59. The minimum atomic E-state index is -0.394. The first-order valence-electron chi connectivity index (χ1n) is 4.76. The van der Waals surface area contributed by atoms with Crippen LogP contribution >= 0.6 is 0 Å². The van der Waals surface area contributed by atoms with Crippen LogP contribution in [0.15, 0.2) is 35.3 Å². The maximum Gasteiger partial charge on any atom is 0.170 e. The minimum Gasteiger partial charge on any atom is -0.265 e. The van der Waals surface area contributed by atoms with Crippen LogP contribution in [-0.4, -0.2) is 29.0 Å². The number of hydrogen-bond donors (Lipinski definition) is 0. The molecule has 0 aromatic heterocycles. The highest BCUT2D eigenvalue weighted by Gasteiger charge is 2.25. The molecule has 0 aliphatic carbocycles. The maximum atomic E-state index is 10.7. The van der Waals surface area contributed by atoms with Gasteiger partial charge in [-0.2, -0.15) is 0 Å². The van der Waals surface area contributed by atoms with Crippen LogP contribution in [0.25, 0.3) is 0 Å². The van der Waals surface area contributed by atoms with Gasteiger partial charge in [0, 0.05) is 6.42 Å². The molecule has 1 aromatic carbocycles. The number of aliphatic imine (C=N–C) groups is 1. The van der Waals surface area contributed by atoms with E-state index >= 15 is 0 Å². The van der Waals surface area contributed by atoms with Crippen molar-refractivity contribution in [1.29, 1.82) is 0 Å². The molecule has 78 valence electrons. The lowest BCUT2D eigenvalue weighted by Crippen LogP contribution is -2.34. The molecule has 0 amide bonds. The third kappa shape index (κ3) is 2.12. The van der Waals surface area contributed by atoms with E-state index in [-0.39, 0.29) is 0 Å². The summed E-state index contributed by atoms with van der Waals surface area (Å²) in [6, 6.07) is 9.64. The van der Waals surface area contributed by atoms with Gasteiger partial charge in [-0.25, -0.2) is 10.1 Å². The molecule has 1 aromatic rings. The Morgan fingerprint density at radius 1 is 1.40 bits per heavy atom. The predicted octanol–water partition coefficient (Wildman–Crippen LogP) is 1.13. The Balaban J connectivity index is 2.09. The molecule has 2 rings (SSSR count). The van der Waals surface area contributed by atoms with Crippen molar-refractivity contribution >= 4 is 5.84 Å². The Hall–Kier alpha value is -1.91. The molecule has 0 fully saturated rings. The minimum absolute atomic E-state index is 0.384. The Labute approximate surface area is 87.2 Å². The molecule has 0 spiro atoms. The van der Waals surface area contributed by atoms with Crippen molar-refractivity contribution in [2.45, 2.75) is 6.42 Å².